The molecule has 19 heavy (non-hydrogen) atoms. The van der Waals surface area contributed by atoms with E-state index in [4.69, 9.17) is 49.9 Å². The second-order valence-corrected chi connectivity index (χ2v) is 3.89. The number of hydrogen-bond acceptors (Lipinski definition) is 9. The van der Waals surface area contributed by atoms with Crippen LogP contribution in [0.1, 0.15) is 0 Å². The van der Waals surface area contributed by atoms with E-state index in [0.29, 0.717) is 0 Å². The largest absolute Gasteiger partial charge is 1.00 e. The van der Waals surface area contributed by atoms with Crippen LogP contribution >= 0.6 is 7.82 Å². The van der Waals surface area contributed by atoms with Gasteiger partial charge in [0.25, 0.3) is 0 Å². The maximum atomic E-state index is 8.96. The van der Waals surface area contributed by atoms with Crippen molar-refractivity contribution < 1.29 is 109 Å². The summed E-state index contributed by atoms with van der Waals surface area (Å²) >= 11 is 0. The molecule has 0 bridgehead atoms. The molecule has 0 heterocycles. The van der Waals surface area contributed by atoms with Crippen LogP contribution in [0.4, 0.5) is 0 Å². The van der Waals surface area contributed by atoms with E-state index >= 15 is 0 Å². The molecule has 106 valence electrons. The fourth-order valence-electron chi connectivity index (χ4n) is 0.671. The zero-order chi connectivity index (χ0) is 14.2. The molecule has 0 aromatic heterocycles. The number of phosphoric acid groups is 1. The van der Waals surface area contributed by atoms with E-state index in [9.17, 15) is 0 Å². The minimum Gasteiger partial charge on any atom is -0.790 e. The molecule has 0 rings (SSSR count). The quantitative estimate of drug-likeness (QED) is 0.188. The van der Waals surface area contributed by atoms with Gasteiger partial charge in [-0.25, -0.2) is 0 Å². The number of rotatable bonds is 5. The summed E-state index contributed by atoms with van der Waals surface area (Å²) in [6.45, 7) is -1.45. The molecule has 0 saturated heterocycles. The zero-order valence-corrected chi connectivity index (χ0v) is 15.4. The van der Waals surface area contributed by atoms with E-state index in [1.807, 2.05) is 0 Å². The van der Waals surface area contributed by atoms with Gasteiger partial charge in [-0.2, -0.15) is 0 Å². The van der Waals surface area contributed by atoms with Crippen LogP contribution in [0.2, 0.25) is 0 Å². The molecule has 10 nitrogen and oxygen atoms in total. The molecule has 0 aromatic rings. The standard InChI is InChI=1S/C6H14O6.2Na.H3O4P/c7-1-3(9)5(11)6(12)4(10)2-8;;;1-5(2,3)4/h3-12H,1-2H2;;;(H3,1,2,3,4)/q;2*+1;/p-2. The fraction of sp³-hybridized carbons (Fsp3) is 1.00. The molecule has 7 N–H and O–H groups in total. The first-order valence-electron chi connectivity index (χ1n) is 4.23. The zero-order valence-electron chi connectivity index (χ0n) is 10.5. The Kier molecular flexibility index (Phi) is 22.5. The first-order chi connectivity index (χ1) is 7.54. The van der Waals surface area contributed by atoms with Crippen LogP contribution in [0.5, 0.6) is 0 Å². The van der Waals surface area contributed by atoms with Crippen molar-refractivity contribution in [2.45, 2.75) is 24.4 Å². The monoisotopic (exact) mass is 324 g/mol. The van der Waals surface area contributed by atoms with Crippen molar-refractivity contribution in [3.63, 3.8) is 0 Å². The number of hydrogen-bond donors (Lipinski definition) is 7. The second-order valence-electron chi connectivity index (χ2n) is 2.95. The van der Waals surface area contributed by atoms with Gasteiger partial charge in [0, 0.05) is 0 Å². The molecule has 0 spiro atoms. The molecule has 0 radical (unpaired) electrons. The summed E-state index contributed by atoms with van der Waals surface area (Å²) in [5.74, 6) is 0. The summed E-state index contributed by atoms with van der Waals surface area (Å²) in [5.41, 5.74) is 0. The van der Waals surface area contributed by atoms with Gasteiger partial charge >= 0.3 is 59.1 Å². The molecular formula is C6H15Na2O10P. The molecule has 0 aliphatic rings. The van der Waals surface area contributed by atoms with Crippen molar-refractivity contribution in [3.8, 4) is 0 Å². The van der Waals surface area contributed by atoms with Gasteiger partial charge in [0.2, 0.25) is 0 Å². The summed E-state index contributed by atoms with van der Waals surface area (Å²) in [6.07, 6.45) is -6.39. The van der Waals surface area contributed by atoms with Gasteiger partial charge in [0.1, 0.15) is 24.4 Å². The third-order valence-electron chi connectivity index (χ3n) is 1.51. The van der Waals surface area contributed by atoms with Crippen LogP contribution in [0.15, 0.2) is 0 Å². The molecule has 0 fully saturated rings. The van der Waals surface area contributed by atoms with E-state index in [1.54, 1.807) is 0 Å². The summed E-state index contributed by atoms with van der Waals surface area (Å²) in [4.78, 5) is 24.3. The Hall–Kier alpha value is 1.87. The van der Waals surface area contributed by atoms with Crippen molar-refractivity contribution in [2.75, 3.05) is 13.2 Å². The van der Waals surface area contributed by atoms with Crippen molar-refractivity contribution in [2.24, 2.45) is 0 Å². The van der Waals surface area contributed by atoms with Crippen LogP contribution in [-0.2, 0) is 4.57 Å². The molecule has 13 heteroatoms. The molecule has 0 aromatic carbocycles. The van der Waals surface area contributed by atoms with Crippen LogP contribution in [0.3, 0.4) is 0 Å². The maximum absolute atomic E-state index is 8.96. The maximum Gasteiger partial charge on any atom is 1.00 e. The predicted molar refractivity (Wildman–Crippen MR) is 48.0 cm³/mol. The third-order valence-corrected chi connectivity index (χ3v) is 1.51. The molecule has 0 amide bonds. The minimum absolute atomic E-state index is 0. The Balaban J connectivity index is -0.000000139. The average Bonchev–Trinajstić information content (AvgIpc) is 2.22. The van der Waals surface area contributed by atoms with E-state index in [2.05, 4.69) is 0 Å². The Morgan fingerprint density at radius 3 is 1.11 bits per heavy atom. The topological polar surface area (TPSA) is 205 Å². The van der Waals surface area contributed by atoms with Gasteiger partial charge in [-0.3, -0.25) is 0 Å². The summed E-state index contributed by atoms with van der Waals surface area (Å²) in [5, 5.41) is 52.2. The molecule has 4 unspecified atom stereocenters. The second kappa shape index (κ2) is 14.8. The molecule has 0 aliphatic carbocycles. The normalized spacial score (nSPS) is 16.7. The van der Waals surface area contributed by atoms with Gasteiger partial charge in [0.15, 0.2) is 0 Å². The van der Waals surface area contributed by atoms with Crippen molar-refractivity contribution in [3.05, 3.63) is 0 Å². The Labute approximate surface area is 153 Å². The van der Waals surface area contributed by atoms with E-state index in [0.717, 1.165) is 0 Å². The molecule has 0 saturated carbocycles. The van der Waals surface area contributed by atoms with Crippen molar-refractivity contribution in [1.82, 2.24) is 0 Å². The van der Waals surface area contributed by atoms with Crippen molar-refractivity contribution in [1.29, 1.82) is 0 Å². The molecular weight excluding hydrogens is 309 g/mol. The summed E-state index contributed by atoms with van der Waals surface area (Å²) < 4.78 is 8.66. The number of aliphatic hydroxyl groups is 6. The average molecular weight is 324 g/mol. The van der Waals surface area contributed by atoms with Gasteiger partial charge < -0.3 is 49.9 Å². The fourth-order valence-corrected chi connectivity index (χ4v) is 0.671. The van der Waals surface area contributed by atoms with Gasteiger partial charge in [-0.15, -0.1) is 0 Å². The summed E-state index contributed by atoms with van der Waals surface area (Å²) in [6, 6.07) is 0. The minimum atomic E-state index is -5.14. The predicted octanol–water partition coefficient (Wildman–Crippen LogP) is -11.8. The SMILES string of the molecule is O=P([O-])([O-])O.OCC(O)C(O)C(O)C(O)CO.[Na+].[Na+]. The van der Waals surface area contributed by atoms with E-state index in [1.165, 1.54) is 0 Å². The Morgan fingerprint density at radius 1 is 0.842 bits per heavy atom. The molecule has 0 aliphatic heterocycles. The Bertz CT molecular complexity index is 216. The van der Waals surface area contributed by atoms with Crippen molar-refractivity contribution >= 4 is 7.82 Å². The smallest absolute Gasteiger partial charge is 0.790 e. The van der Waals surface area contributed by atoms with Crippen LogP contribution in [0, 0.1) is 0 Å². The first kappa shape index (κ1) is 29.0. The first-order valence-corrected chi connectivity index (χ1v) is 5.72. The van der Waals surface area contributed by atoms with Gasteiger partial charge in [-0.05, 0) is 0 Å². The Morgan fingerprint density at radius 2 is 1.00 bits per heavy atom. The van der Waals surface area contributed by atoms with Crippen LogP contribution in [-0.4, -0.2) is 73.2 Å². The van der Waals surface area contributed by atoms with Gasteiger partial charge in [-0.1, -0.05) is 0 Å². The molecule has 4 atom stereocenters. The van der Waals surface area contributed by atoms with Gasteiger partial charge in [0.05, 0.1) is 21.0 Å². The van der Waals surface area contributed by atoms with Crippen LogP contribution < -0.4 is 68.9 Å². The third kappa shape index (κ3) is 19.9. The van der Waals surface area contributed by atoms with Crippen LogP contribution in [0.25, 0.3) is 0 Å². The summed E-state index contributed by atoms with van der Waals surface area (Å²) in [7, 11) is -5.14. The van der Waals surface area contributed by atoms with E-state index < -0.39 is 45.5 Å². The van der Waals surface area contributed by atoms with E-state index in [-0.39, 0.29) is 59.1 Å². The number of aliphatic hydroxyl groups excluding tert-OH is 6.